The average Bonchev–Trinajstić information content (AvgIpc) is 3.64. The number of hydrogen-bond acceptors (Lipinski definition) is 7. The first-order valence-corrected chi connectivity index (χ1v) is 11.9. The number of piperazine rings is 1. The number of hydrogen-bond donors (Lipinski definition) is 1. The lowest BCUT2D eigenvalue weighted by atomic mass is 10.1. The van der Waals surface area contributed by atoms with Gasteiger partial charge in [-0.25, -0.2) is 19.0 Å². The quantitative estimate of drug-likeness (QED) is 0.578. The topological polar surface area (TPSA) is 108 Å². The lowest BCUT2D eigenvalue weighted by Gasteiger charge is -2.37. The Balaban J connectivity index is 1.23. The van der Waals surface area contributed by atoms with E-state index in [-0.39, 0.29) is 23.1 Å². The molecule has 0 radical (unpaired) electrons. The van der Waals surface area contributed by atoms with Crippen molar-refractivity contribution in [1.29, 1.82) is 0 Å². The van der Waals surface area contributed by atoms with Gasteiger partial charge in [-0.1, -0.05) is 0 Å². The monoisotopic (exact) mass is 493 g/mol. The molecule has 1 amide bonds. The summed E-state index contributed by atoms with van der Waals surface area (Å²) >= 11 is 0. The zero-order valence-corrected chi connectivity index (χ0v) is 19.4. The molecule has 1 N–H and O–H groups in total. The number of ether oxygens (including phenoxy) is 1. The Hall–Kier alpha value is -4.15. The van der Waals surface area contributed by atoms with Crippen LogP contribution >= 0.6 is 0 Å². The van der Waals surface area contributed by atoms with Crippen LogP contribution in [0.3, 0.4) is 0 Å². The van der Waals surface area contributed by atoms with Gasteiger partial charge in [0.1, 0.15) is 23.8 Å². The normalized spacial score (nSPS) is 18.1. The van der Waals surface area contributed by atoms with E-state index >= 15 is 4.39 Å². The SMILES string of the molecule is O=C(O)c1cn(C2CC2)c2cc(N3CCN(c4ccc(N5CCOC5=O)cn4)CC3)c(F)cc2c1=O. The molecule has 3 aliphatic rings. The summed E-state index contributed by atoms with van der Waals surface area (Å²) in [6.07, 6.45) is 4.46. The number of anilines is 3. The van der Waals surface area contributed by atoms with Crippen LogP contribution in [0.1, 0.15) is 29.2 Å². The first-order valence-electron chi connectivity index (χ1n) is 11.9. The van der Waals surface area contributed by atoms with E-state index in [2.05, 4.69) is 9.88 Å². The van der Waals surface area contributed by atoms with Gasteiger partial charge in [0, 0.05) is 43.8 Å². The number of carbonyl (C=O) groups excluding carboxylic acids is 1. The molecule has 1 aliphatic carbocycles. The highest BCUT2D eigenvalue weighted by Crippen LogP contribution is 2.38. The number of halogens is 1. The second-order valence-electron chi connectivity index (χ2n) is 9.25. The van der Waals surface area contributed by atoms with Crippen molar-refractivity contribution in [1.82, 2.24) is 9.55 Å². The summed E-state index contributed by atoms with van der Waals surface area (Å²) in [6.45, 7) is 3.19. The highest BCUT2D eigenvalue weighted by Gasteiger charge is 2.29. The molecule has 2 saturated heterocycles. The van der Waals surface area contributed by atoms with Gasteiger partial charge in [-0.15, -0.1) is 0 Å². The molecule has 4 heterocycles. The van der Waals surface area contributed by atoms with Crippen LogP contribution in [0.25, 0.3) is 10.9 Å². The number of cyclic esters (lactones) is 1. The van der Waals surface area contributed by atoms with Crippen molar-refractivity contribution >= 4 is 40.2 Å². The summed E-state index contributed by atoms with van der Waals surface area (Å²) < 4.78 is 22.0. The minimum absolute atomic E-state index is 0.0906. The number of carboxylic acid groups (broad SMARTS) is 1. The zero-order chi connectivity index (χ0) is 25.0. The minimum Gasteiger partial charge on any atom is -0.477 e. The predicted molar refractivity (Wildman–Crippen MR) is 131 cm³/mol. The van der Waals surface area contributed by atoms with Crippen LogP contribution in [0.5, 0.6) is 0 Å². The number of benzene rings is 1. The van der Waals surface area contributed by atoms with E-state index in [1.807, 2.05) is 17.0 Å². The maximum absolute atomic E-state index is 15.2. The predicted octanol–water partition coefficient (Wildman–Crippen LogP) is 2.85. The van der Waals surface area contributed by atoms with Gasteiger partial charge >= 0.3 is 12.1 Å². The van der Waals surface area contributed by atoms with E-state index < -0.39 is 17.2 Å². The minimum atomic E-state index is -1.31. The van der Waals surface area contributed by atoms with Crippen LogP contribution in [0, 0.1) is 5.82 Å². The van der Waals surface area contributed by atoms with Crippen LogP contribution in [0.15, 0.2) is 41.5 Å². The van der Waals surface area contributed by atoms with Crippen molar-refractivity contribution in [3.05, 3.63) is 58.3 Å². The Kier molecular flexibility index (Phi) is 5.27. The molecule has 0 unspecified atom stereocenters. The molecular weight excluding hydrogens is 469 g/mol. The number of pyridine rings is 2. The van der Waals surface area contributed by atoms with Crippen molar-refractivity contribution in [2.75, 3.05) is 54.0 Å². The van der Waals surface area contributed by atoms with E-state index in [1.165, 1.54) is 17.2 Å². The summed E-state index contributed by atoms with van der Waals surface area (Å²) in [5.41, 5.74) is 0.640. The van der Waals surface area contributed by atoms with Crippen molar-refractivity contribution in [2.24, 2.45) is 0 Å². The number of nitrogens with zero attached hydrogens (tertiary/aromatic N) is 5. The summed E-state index contributed by atoms with van der Waals surface area (Å²) in [7, 11) is 0. The van der Waals surface area contributed by atoms with Gasteiger partial charge in [0.2, 0.25) is 5.43 Å². The van der Waals surface area contributed by atoms with Crippen molar-refractivity contribution in [3.63, 3.8) is 0 Å². The van der Waals surface area contributed by atoms with Crippen LogP contribution in [-0.2, 0) is 4.74 Å². The molecule has 1 aromatic carbocycles. The second-order valence-corrected chi connectivity index (χ2v) is 9.25. The maximum atomic E-state index is 15.2. The highest BCUT2D eigenvalue weighted by molar-refractivity contribution is 5.93. The third kappa shape index (κ3) is 3.80. The molecule has 11 heteroatoms. The van der Waals surface area contributed by atoms with E-state index in [4.69, 9.17) is 4.74 Å². The van der Waals surface area contributed by atoms with E-state index in [0.29, 0.717) is 56.2 Å². The zero-order valence-electron chi connectivity index (χ0n) is 19.4. The average molecular weight is 493 g/mol. The fourth-order valence-corrected chi connectivity index (χ4v) is 4.94. The molecule has 36 heavy (non-hydrogen) atoms. The Labute approximate surface area is 205 Å². The Morgan fingerprint density at radius 3 is 2.42 bits per heavy atom. The van der Waals surface area contributed by atoms with Gasteiger partial charge in [0.15, 0.2) is 0 Å². The van der Waals surface area contributed by atoms with Crippen LogP contribution in [0.4, 0.5) is 26.4 Å². The first-order chi connectivity index (χ1) is 17.4. The highest BCUT2D eigenvalue weighted by atomic mass is 19.1. The Morgan fingerprint density at radius 2 is 1.81 bits per heavy atom. The van der Waals surface area contributed by atoms with E-state index in [1.54, 1.807) is 16.8 Å². The Morgan fingerprint density at radius 1 is 1.06 bits per heavy atom. The van der Waals surface area contributed by atoms with Gasteiger partial charge in [-0.2, -0.15) is 0 Å². The number of amides is 1. The molecule has 0 bridgehead atoms. The summed E-state index contributed by atoms with van der Waals surface area (Å²) in [5.74, 6) is -1.08. The fraction of sp³-hybridized carbons (Fsp3) is 0.360. The van der Waals surface area contributed by atoms with Crippen LogP contribution in [0.2, 0.25) is 0 Å². The van der Waals surface area contributed by atoms with Gasteiger partial charge in [-0.05, 0) is 37.1 Å². The lowest BCUT2D eigenvalue weighted by molar-refractivity contribution is 0.0694. The standard InChI is InChI=1S/C25H24FN5O5/c26-19-11-17-20(31(15-1-2-15)14-18(23(17)32)24(33)34)12-21(19)28-5-7-29(8-6-28)22-4-3-16(13-27-22)30-9-10-36-25(30)35/h3-4,11-15H,1-2,5-10H2,(H,33,34). The number of aromatic carboxylic acids is 1. The summed E-state index contributed by atoms with van der Waals surface area (Å²) in [4.78, 5) is 46.1. The number of carbonyl (C=O) groups is 2. The summed E-state index contributed by atoms with van der Waals surface area (Å²) in [6, 6.07) is 6.68. The van der Waals surface area contributed by atoms with Gasteiger partial charge in [0.25, 0.3) is 0 Å². The third-order valence-electron chi connectivity index (χ3n) is 7.02. The molecule has 2 aromatic heterocycles. The van der Waals surface area contributed by atoms with Crippen LogP contribution in [-0.4, -0.2) is 66.1 Å². The van der Waals surface area contributed by atoms with Crippen LogP contribution < -0.4 is 20.1 Å². The number of aromatic nitrogens is 2. The molecule has 3 fully saturated rings. The second kappa shape index (κ2) is 8.51. The molecule has 2 aliphatic heterocycles. The third-order valence-corrected chi connectivity index (χ3v) is 7.02. The maximum Gasteiger partial charge on any atom is 0.414 e. The molecule has 0 spiro atoms. The molecule has 10 nitrogen and oxygen atoms in total. The Bertz CT molecular complexity index is 1430. The lowest BCUT2D eigenvalue weighted by Crippen LogP contribution is -2.47. The first kappa shape index (κ1) is 22.3. The van der Waals surface area contributed by atoms with Gasteiger partial charge in [0.05, 0.1) is 29.6 Å². The van der Waals surface area contributed by atoms with Crippen molar-refractivity contribution in [3.8, 4) is 0 Å². The smallest absolute Gasteiger partial charge is 0.414 e. The molecule has 186 valence electrons. The molecular formula is C25H24FN5O5. The molecule has 0 atom stereocenters. The summed E-state index contributed by atoms with van der Waals surface area (Å²) in [5, 5.41) is 9.52. The van der Waals surface area contributed by atoms with Crippen molar-refractivity contribution < 1.29 is 23.8 Å². The molecule has 3 aromatic rings. The van der Waals surface area contributed by atoms with Gasteiger partial charge < -0.3 is 24.2 Å². The van der Waals surface area contributed by atoms with Gasteiger partial charge in [-0.3, -0.25) is 9.69 Å². The van der Waals surface area contributed by atoms with E-state index in [0.717, 1.165) is 18.7 Å². The largest absolute Gasteiger partial charge is 0.477 e. The molecule has 1 saturated carbocycles. The number of fused-ring (bicyclic) bond motifs is 1. The number of carboxylic acids is 1. The fourth-order valence-electron chi connectivity index (χ4n) is 4.94. The molecule has 6 rings (SSSR count). The van der Waals surface area contributed by atoms with E-state index in [9.17, 15) is 19.5 Å². The van der Waals surface area contributed by atoms with Crippen molar-refractivity contribution in [2.45, 2.75) is 18.9 Å². The number of rotatable bonds is 5.